The summed E-state index contributed by atoms with van der Waals surface area (Å²) in [5.74, 6) is -0.809. The summed E-state index contributed by atoms with van der Waals surface area (Å²) in [5.41, 5.74) is 7.01. The molecule has 1 aromatic carbocycles. The Balaban J connectivity index is 2.18. The molecule has 10 heteroatoms. The lowest BCUT2D eigenvalue weighted by atomic mass is 10.1. The maximum absolute atomic E-state index is 12.9. The van der Waals surface area contributed by atoms with Gasteiger partial charge in [0.25, 0.3) is 5.91 Å². The summed E-state index contributed by atoms with van der Waals surface area (Å²) < 4.78 is 15.1. The lowest BCUT2D eigenvalue weighted by Gasteiger charge is -2.28. The van der Waals surface area contributed by atoms with Gasteiger partial charge in [-0.2, -0.15) is 5.26 Å². The van der Waals surface area contributed by atoms with Crippen LogP contribution in [0.1, 0.15) is 31.9 Å². The van der Waals surface area contributed by atoms with E-state index in [9.17, 15) is 19.6 Å². The van der Waals surface area contributed by atoms with Gasteiger partial charge in [-0.05, 0) is 38.0 Å². The molecule has 2 aromatic rings. The number of esters is 2. The molecule has 0 aliphatic carbocycles. The van der Waals surface area contributed by atoms with Crippen LogP contribution in [-0.4, -0.2) is 48.7 Å². The van der Waals surface area contributed by atoms with Crippen molar-refractivity contribution in [2.75, 3.05) is 30.5 Å². The minimum Gasteiger partial charge on any atom is -0.482 e. The largest absolute Gasteiger partial charge is 0.482 e. The molecule has 1 aromatic heterocycles. The number of nitrogens with two attached hydrogens (primary N) is 1. The highest BCUT2D eigenvalue weighted by Crippen LogP contribution is 2.22. The first kappa shape index (κ1) is 25.1. The number of nitriles is 1. The second-order valence-corrected chi connectivity index (χ2v) is 7.08. The molecular weight excluding hydrogens is 428 g/mol. The van der Waals surface area contributed by atoms with Crippen LogP contribution < -0.4 is 15.4 Å². The fourth-order valence-electron chi connectivity index (χ4n) is 3.01. The standard InChI is InChI=1S/C23H26N4O6/c1-4-31-23(30)14-33-19-7-5-17(6-8-19)9-15(2)27(22(29)13-32-16(3)28)21-10-18(11-24)20(25)12-26-21/h5-8,10,12,15H,4,9,13-14,25H2,1-3H3. The van der Waals surface area contributed by atoms with Gasteiger partial charge in [-0.15, -0.1) is 0 Å². The zero-order valence-corrected chi connectivity index (χ0v) is 18.7. The van der Waals surface area contributed by atoms with E-state index in [0.717, 1.165) is 5.56 Å². The third-order valence-electron chi connectivity index (χ3n) is 4.51. The van der Waals surface area contributed by atoms with E-state index in [2.05, 4.69) is 4.98 Å². The number of amides is 1. The highest BCUT2D eigenvalue weighted by molar-refractivity contribution is 5.95. The van der Waals surface area contributed by atoms with Gasteiger partial charge >= 0.3 is 11.9 Å². The molecule has 1 amide bonds. The molecule has 0 aliphatic heterocycles. The van der Waals surface area contributed by atoms with Gasteiger partial charge in [0.15, 0.2) is 13.2 Å². The molecule has 10 nitrogen and oxygen atoms in total. The molecule has 1 atom stereocenters. The van der Waals surface area contributed by atoms with Crippen LogP contribution in [0.4, 0.5) is 11.5 Å². The molecule has 0 radical (unpaired) electrons. The average Bonchev–Trinajstić information content (AvgIpc) is 2.78. The summed E-state index contributed by atoms with van der Waals surface area (Å²) >= 11 is 0. The molecule has 0 fully saturated rings. The van der Waals surface area contributed by atoms with Crippen molar-refractivity contribution in [2.45, 2.75) is 33.2 Å². The summed E-state index contributed by atoms with van der Waals surface area (Å²) in [6.45, 7) is 4.36. The molecule has 0 bridgehead atoms. The van der Waals surface area contributed by atoms with Crippen molar-refractivity contribution in [1.29, 1.82) is 5.26 Å². The Labute approximate surface area is 191 Å². The first-order valence-electron chi connectivity index (χ1n) is 10.2. The summed E-state index contributed by atoms with van der Waals surface area (Å²) in [7, 11) is 0. The van der Waals surface area contributed by atoms with Crippen molar-refractivity contribution in [3.05, 3.63) is 47.7 Å². The van der Waals surface area contributed by atoms with E-state index < -0.39 is 30.5 Å². The van der Waals surface area contributed by atoms with Gasteiger partial charge in [-0.25, -0.2) is 9.78 Å². The molecule has 0 saturated heterocycles. The lowest BCUT2D eigenvalue weighted by Crippen LogP contribution is -2.43. The molecule has 33 heavy (non-hydrogen) atoms. The minimum atomic E-state index is -0.586. The number of hydrogen-bond acceptors (Lipinski definition) is 9. The Hall–Kier alpha value is -4.13. The SMILES string of the molecule is CCOC(=O)COc1ccc(CC(C)N(C(=O)COC(C)=O)c2cc(C#N)c(N)cn2)cc1. The maximum atomic E-state index is 12.9. The quantitative estimate of drug-likeness (QED) is 0.533. The first-order valence-corrected chi connectivity index (χ1v) is 10.2. The number of nitrogen functional groups attached to an aromatic ring is 1. The zero-order chi connectivity index (χ0) is 24.4. The number of pyridine rings is 1. The topological polar surface area (TPSA) is 145 Å². The highest BCUT2D eigenvalue weighted by atomic mass is 16.6. The summed E-state index contributed by atoms with van der Waals surface area (Å²) in [6.07, 6.45) is 1.74. The third-order valence-corrected chi connectivity index (χ3v) is 4.51. The number of carbonyl (C=O) groups excluding carboxylic acids is 3. The average molecular weight is 454 g/mol. The van der Waals surface area contributed by atoms with Crippen LogP contribution >= 0.6 is 0 Å². The van der Waals surface area contributed by atoms with Crippen LogP contribution in [0.5, 0.6) is 5.75 Å². The molecule has 2 N–H and O–H groups in total. The first-order chi connectivity index (χ1) is 15.7. The zero-order valence-electron chi connectivity index (χ0n) is 18.7. The number of carbonyl (C=O) groups is 3. The number of anilines is 2. The van der Waals surface area contributed by atoms with Crippen molar-refractivity contribution < 1.29 is 28.6 Å². The van der Waals surface area contributed by atoms with E-state index in [1.54, 1.807) is 26.0 Å². The lowest BCUT2D eigenvalue weighted by molar-refractivity contribution is -0.146. The van der Waals surface area contributed by atoms with Crippen molar-refractivity contribution >= 4 is 29.4 Å². The van der Waals surface area contributed by atoms with Gasteiger partial charge in [-0.1, -0.05) is 12.1 Å². The van der Waals surface area contributed by atoms with E-state index >= 15 is 0 Å². The molecule has 1 unspecified atom stereocenters. The van der Waals surface area contributed by atoms with Crippen molar-refractivity contribution in [2.24, 2.45) is 0 Å². The fourth-order valence-corrected chi connectivity index (χ4v) is 3.01. The summed E-state index contributed by atoms with van der Waals surface area (Å²) in [4.78, 5) is 41.0. The van der Waals surface area contributed by atoms with Crippen molar-refractivity contribution in [3.63, 3.8) is 0 Å². The molecule has 174 valence electrons. The number of ether oxygens (including phenoxy) is 3. The predicted octanol–water partition coefficient (Wildman–Crippen LogP) is 2.00. The normalized spacial score (nSPS) is 11.1. The number of nitrogens with zero attached hydrogens (tertiary/aromatic N) is 3. The van der Waals surface area contributed by atoms with Crippen LogP contribution in [0.25, 0.3) is 0 Å². The summed E-state index contributed by atoms with van der Waals surface area (Å²) in [6, 6.07) is 10.0. The van der Waals surface area contributed by atoms with Crippen LogP contribution in [0, 0.1) is 11.3 Å². The van der Waals surface area contributed by atoms with Crippen LogP contribution in [-0.2, 0) is 30.3 Å². The second-order valence-electron chi connectivity index (χ2n) is 7.08. The van der Waals surface area contributed by atoms with Crippen LogP contribution in [0.15, 0.2) is 36.5 Å². The molecule has 0 aliphatic rings. The highest BCUT2D eigenvalue weighted by Gasteiger charge is 2.25. The van der Waals surface area contributed by atoms with Gasteiger partial charge in [0, 0.05) is 19.0 Å². The Bertz CT molecular complexity index is 1030. The molecular formula is C23H26N4O6. The molecule has 0 saturated carbocycles. The van der Waals surface area contributed by atoms with E-state index in [-0.39, 0.29) is 30.3 Å². The van der Waals surface area contributed by atoms with E-state index in [0.29, 0.717) is 12.2 Å². The maximum Gasteiger partial charge on any atom is 0.344 e. The van der Waals surface area contributed by atoms with Gasteiger partial charge in [0.2, 0.25) is 0 Å². The van der Waals surface area contributed by atoms with Gasteiger partial charge in [-0.3, -0.25) is 14.5 Å². The van der Waals surface area contributed by atoms with Gasteiger partial charge < -0.3 is 19.9 Å². The van der Waals surface area contributed by atoms with Crippen LogP contribution in [0.3, 0.4) is 0 Å². The molecule has 0 spiro atoms. The van der Waals surface area contributed by atoms with E-state index in [4.69, 9.17) is 19.9 Å². The Morgan fingerprint density at radius 1 is 1.18 bits per heavy atom. The Morgan fingerprint density at radius 3 is 2.48 bits per heavy atom. The van der Waals surface area contributed by atoms with Crippen LogP contribution in [0.2, 0.25) is 0 Å². The number of aromatic nitrogens is 1. The van der Waals surface area contributed by atoms with Crippen molar-refractivity contribution in [1.82, 2.24) is 4.98 Å². The molecule has 1 heterocycles. The summed E-state index contributed by atoms with van der Waals surface area (Å²) in [5, 5.41) is 9.28. The Morgan fingerprint density at radius 2 is 1.88 bits per heavy atom. The predicted molar refractivity (Wildman–Crippen MR) is 119 cm³/mol. The fraction of sp³-hybridized carbons (Fsp3) is 0.348. The number of benzene rings is 1. The monoisotopic (exact) mass is 454 g/mol. The smallest absolute Gasteiger partial charge is 0.344 e. The second kappa shape index (κ2) is 12.0. The van der Waals surface area contributed by atoms with Gasteiger partial charge in [0.1, 0.15) is 17.6 Å². The van der Waals surface area contributed by atoms with Crippen molar-refractivity contribution in [3.8, 4) is 11.8 Å². The number of rotatable bonds is 10. The van der Waals surface area contributed by atoms with E-state index in [1.165, 1.54) is 24.1 Å². The van der Waals surface area contributed by atoms with E-state index in [1.807, 2.05) is 18.2 Å². The van der Waals surface area contributed by atoms with Gasteiger partial charge in [0.05, 0.1) is 24.1 Å². The third kappa shape index (κ3) is 7.50. The number of hydrogen-bond donors (Lipinski definition) is 1. The Kier molecular flexibility index (Phi) is 9.17. The molecule has 2 rings (SSSR count). The minimum absolute atomic E-state index is 0.181.